The van der Waals surface area contributed by atoms with Crippen molar-refractivity contribution in [3.63, 3.8) is 0 Å². The molecule has 0 N–H and O–H groups in total. The van der Waals surface area contributed by atoms with Crippen molar-refractivity contribution >= 4 is 18.4 Å². The molecule has 0 unspecified atom stereocenters. The largest absolute Gasteiger partial charge is 0.511 e. The first-order valence-electron chi connectivity index (χ1n) is 4.29. The topological polar surface area (TPSA) is 48.4 Å². The van der Waals surface area contributed by atoms with E-state index in [4.69, 9.17) is 4.74 Å². The normalized spacial score (nSPS) is 11.0. The third-order valence-electron chi connectivity index (χ3n) is 1.70. The van der Waals surface area contributed by atoms with Gasteiger partial charge in [0.25, 0.3) is 0 Å². The fourth-order valence-corrected chi connectivity index (χ4v) is 0.863. The molecule has 0 atom stereocenters. The zero-order valence-electron chi connectivity index (χ0n) is 8.32. The number of ether oxygens (including phenoxy) is 2. The molecule has 0 aliphatic heterocycles. The fourth-order valence-electron chi connectivity index (χ4n) is 0.863. The maximum atomic E-state index is 12.2. The first-order valence-corrected chi connectivity index (χ1v) is 4.29. The summed E-state index contributed by atoms with van der Waals surface area (Å²) in [7, 11) is 1.17. The highest BCUT2D eigenvalue weighted by Gasteiger charge is 2.25. The van der Waals surface area contributed by atoms with Crippen molar-refractivity contribution in [1.29, 1.82) is 0 Å². The molecule has 0 aromatic carbocycles. The first-order chi connectivity index (χ1) is 7.43. The van der Waals surface area contributed by atoms with Gasteiger partial charge in [0.15, 0.2) is 6.61 Å². The van der Waals surface area contributed by atoms with Gasteiger partial charge >= 0.3 is 12.9 Å². The van der Waals surface area contributed by atoms with Crippen molar-refractivity contribution in [2.75, 3.05) is 13.7 Å². The molecular formula is C8H8BF3NO3-. The van der Waals surface area contributed by atoms with E-state index in [1.54, 1.807) is 0 Å². The predicted molar refractivity (Wildman–Crippen MR) is 50.5 cm³/mol. The second-order valence-electron chi connectivity index (χ2n) is 2.87. The summed E-state index contributed by atoms with van der Waals surface area (Å²) < 4.78 is 45.6. The molecule has 0 aliphatic carbocycles. The lowest BCUT2D eigenvalue weighted by Gasteiger charge is -2.14. The molecule has 4 nitrogen and oxygen atoms in total. The molecule has 0 amide bonds. The van der Waals surface area contributed by atoms with E-state index in [1.165, 1.54) is 7.11 Å². The highest BCUT2D eigenvalue weighted by atomic mass is 19.4. The smallest absolute Gasteiger partial charge is 0.466 e. The summed E-state index contributed by atoms with van der Waals surface area (Å²) in [6, 6.07) is 1.90. The van der Waals surface area contributed by atoms with Crippen LogP contribution in [0.2, 0.25) is 0 Å². The number of carbonyl (C=O) groups is 1. The van der Waals surface area contributed by atoms with Crippen molar-refractivity contribution < 1.29 is 27.2 Å². The van der Waals surface area contributed by atoms with E-state index in [2.05, 4.69) is 9.72 Å². The van der Waals surface area contributed by atoms with Crippen molar-refractivity contribution in [2.45, 2.75) is 0 Å². The van der Waals surface area contributed by atoms with Gasteiger partial charge in [0.1, 0.15) is 0 Å². The lowest BCUT2D eigenvalue weighted by Crippen LogP contribution is -2.34. The zero-order chi connectivity index (χ0) is 12.2. The molecule has 1 heterocycles. The van der Waals surface area contributed by atoms with E-state index in [0.717, 1.165) is 12.1 Å². The number of hydrogen-bond acceptors (Lipinski definition) is 4. The predicted octanol–water partition coefficient (Wildman–Crippen LogP) is 0.688. The molecule has 1 aromatic heterocycles. The summed E-state index contributed by atoms with van der Waals surface area (Å²) in [6.07, 6.45) is 0.659. The molecule has 0 saturated carbocycles. The summed E-state index contributed by atoms with van der Waals surface area (Å²) in [4.78, 5) is 14.1. The van der Waals surface area contributed by atoms with Crippen LogP contribution in [0.5, 0.6) is 5.88 Å². The Balaban J connectivity index is 2.62. The van der Waals surface area contributed by atoms with Gasteiger partial charge in [-0.2, -0.15) is 0 Å². The number of rotatable bonds is 4. The van der Waals surface area contributed by atoms with Crippen molar-refractivity contribution in [3.05, 3.63) is 18.3 Å². The molecule has 0 fully saturated rings. The first kappa shape index (κ1) is 12.3. The van der Waals surface area contributed by atoms with Crippen LogP contribution in [0.4, 0.5) is 12.9 Å². The Morgan fingerprint density at radius 2 is 2.12 bits per heavy atom. The van der Waals surface area contributed by atoms with Crippen LogP contribution < -0.4 is 10.2 Å². The van der Waals surface area contributed by atoms with Crippen molar-refractivity contribution in [3.8, 4) is 5.88 Å². The number of pyridine rings is 1. The Labute approximate surface area is 89.4 Å². The molecule has 16 heavy (non-hydrogen) atoms. The van der Waals surface area contributed by atoms with Gasteiger partial charge in [0.05, 0.1) is 7.11 Å². The number of esters is 1. The Bertz CT molecular complexity index is 366. The average Bonchev–Trinajstić information content (AvgIpc) is 2.25. The van der Waals surface area contributed by atoms with Gasteiger partial charge in [-0.15, -0.1) is 0 Å². The average molecular weight is 234 g/mol. The van der Waals surface area contributed by atoms with E-state index < -0.39 is 18.4 Å². The molecule has 0 spiro atoms. The van der Waals surface area contributed by atoms with Crippen LogP contribution in [0.3, 0.4) is 0 Å². The molecule has 8 heteroatoms. The van der Waals surface area contributed by atoms with Crippen LogP contribution in [0.25, 0.3) is 0 Å². The third-order valence-corrected chi connectivity index (χ3v) is 1.70. The minimum Gasteiger partial charge on any atom is -0.466 e. The number of aromatic nitrogens is 1. The third kappa shape index (κ3) is 3.45. The van der Waals surface area contributed by atoms with Gasteiger partial charge in [0.2, 0.25) is 5.88 Å². The monoisotopic (exact) mass is 234 g/mol. The van der Waals surface area contributed by atoms with Crippen molar-refractivity contribution in [2.24, 2.45) is 0 Å². The molecule has 0 saturated heterocycles. The van der Waals surface area contributed by atoms with E-state index in [-0.39, 0.29) is 12.5 Å². The summed E-state index contributed by atoms with van der Waals surface area (Å²) in [5.41, 5.74) is -0.814. The lowest BCUT2D eigenvalue weighted by molar-refractivity contribution is -0.143. The van der Waals surface area contributed by atoms with E-state index in [1.807, 2.05) is 0 Å². The highest BCUT2D eigenvalue weighted by molar-refractivity contribution is 6.73. The quantitative estimate of drug-likeness (QED) is 0.567. The van der Waals surface area contributed by atoms with Gasteiger partial charge in [-0.3, -0.25) is 0 Å². The van der Waals surface area contributed by atoms with E-state index in [0.29, 0.717) is 6.20 Å². The Kier molecular flexibility index (Phi) is 3.75. The molecule has 88 valence electrons. The molecular weight excluding hydrogens is 226 g/mol. The number of methoxy groups -OCH3 is 1. The SMILES string of the molecule is COC(=O)COc1ccc([B-](F)(F)F)cn1. The van der Waals surface area contributed by atoms with Crippen LogP contribution in [0.1, 0.15) is 0 Å². The molecule has 1 aromatic rings. The zero-order valence-corrected chi connectivity index (χ0v) is 8.32. The van der Waals surface area contributed by atoms with Crippen LogP contribution in [-0.4, -0.2) is 31.6 Å². The van der Waals surface area contributed by atoms with Crippen LogP contribution in [-0.2, 0) is 9.53 Å². The van der Waals surface area contributed by atoms with Gasteiger partial charge in [-0.1, -0.05) is 11.5 Å². The minimum atomic E-state index is -5.06. The van der Waals surface area contributed by atoms with Gasteiger partial charge < -0.3 is 22.4 Å². The number of halogens is 3. The molecule has 1 rings (SSSR count). The Morgan fingerprint density at radius 3 is 2.56 bits per heavy atom. The highest BCUT2D eigenvalue weighted by Crippen LogP contribution is 2.10. The van der Waals surface area contributed by atoms with Gasteiger partial charge in [0, 0.05) is 6.20 Å². The van der Waals surface area contributed by atoms with E-state index >= 15 is 0 Å². The number of hydrogen-bond donors (Lipinski definition) is 0. The minimum absolute atomic E-state index is 0.0609. The lowest BCUT2D eigenvalue weighted by atomic mass is 9.82. The standard InChI is InChI=1S/C8H8BF3NO3/c1-15-8(14)5-16-7-3-2-6(4-13-7)9(10,11)12/h2-4H,5H2,1H3/q-1. The van der Waals surface area contributed by atoms with Crippen LogP contribution >= 0.6 is 0 Å². The Morgan fingerprint density at radius 1 is 1.44 bits per heavy atom. The number of nitrogens with zero attached hydrogens (tertiary/aromatic N) is 1. The molecule has 0 radical (unpaired) electrons. The summed E-state index contributed by atoms with van der Waals surface area (Å²) in [5.74, 6) is -0.694. The second-order valence-corrected chi connectivity index (χ2v) is 2.87. The summed E-state index contributed by atoms with van der Waals surface area (Å²) in [6.45, 7) is -5.45. The molecule has 0 aliphatic rings. The summed E-state index contributed by atoms with van der Waals surface area (Å²) in [5, 5.41) is 0. The second kappa shape index (κ2) is 4.87. The van der Waals surface area contributed by atoms with Crippen LogP contribution in [0.15, 0.2) is 18.3 Å². The fraction of sp³-hybridized carbons (Fsp3) is 0.250. The number of carbonyl (C=O) groups excluding carboxylic acids is 1. The molecule has 0 bridgehead atoms. The van der Waals surface area contributed by atoms with Crippen molar-refractivity contribution in [1.82, 2.24) is 4.98 Å². The Hall–Kier alpha value is -1.73. The summed E-state index contributed by atoms with van der Waals surface area (Å²) >= 11 is 0. The van der Waals surface area contributed by atoms with Gasteiger partial charge in [-0.05, 0) is 6.07 Å². The van der Waals surface area contributed by atoms with E-state index in [9.17, 15) is 17.7 Å². The van der Waals surface area contributed by atoms with Gasteiger partial charge in [-0.25, -0.2) is 9.78 Å². The van der Waals surface area contributed by atoms with Crippen LogP contribution in [0, 0.1) is 0 Å². The maximum Gasteiger partial charge on any atom is 0.511 e. The maximum absolute atomic E-state index is 12.2.